The van der Waals surface area contributed by atoms with Crippen LogP contribution in [-0.4, -0.2) is 27.0 Å². The number of aryl methyl sites for hydroxylation is 1. The highest BCUT2D eigenvalue weighted by Crippen LogP contribution is 2.30. The lowest BCUT2D eigenvalue weighted by molar-refractivity contribution is -0.117. The number of benzene rings is 1. The van der Waals surface area contributed by atoms with E-state index in [1.54, 1.807) is 0 Å². The van der Waals surface area contributed by atoms with Crippen LogP contribution in [0.2, 0.25) is 0 Å². The molecule has 1 aromatic rings. The minimum Gasteiger partial charge on any atom is -0.369 e. The first-order valence-corrected chi connectivity index (χ1v) is 6.19. The molecule has 86 valence electrons. The predicted octanol–water partition coefficient (Wildman–Crippen LogP) is 0.738. The van der Waals surface area contributed by atoms with Gasteiger partial charge in [0.1, 0.15) is 0 Å². The molecule has 0 spiro atoms. The van der Waals surface area contributed by atoms with Crippen molar-refractivity contribution in [2.75, 3.05) is 17.9 Å². The van der Waals surface area contributed by atoms with E-state index in [0.29, 0.717) is 6.42 Å². The highest BCUT2D eigenvalue weighted by Gasteiger charge is 2.22. The van der Waals surface area contributed by atoms with E-state index in [-0.39, 0.29) is 5.91 Å². The van der Waals surface area contributed by atoms with E-state index in [0.717, 1.165) is 38.0 Å². The molecule has 0 aromatic heterocycles. The van der Waals surface area contributed by atoms with Gasteiger partial charge in [0, 0.05) is 12.1 Å². The second kappa shape index (κ2) is 4.19. The third kappa shape index (κ3) is 1.87. The number of amides is 1. The number of carbonyl (C=O) groups is 1. The average Bonchev–Trinajstić information content (AvgIpc) is 2.57. The van der Waals surface area contributed by atoms with Crippen molar-refractivity contribution in [2.24, 2.45) is 0 Å². The minimum absolute atomic E-state index is 0.0178. The molecule has 2 aliphatic heterocycles. The van der Waals surface area contributed by atoms with E-state index in [1.807, 2.05) is 0 Å². The second-order valence-electron chi connectivity index (χ2n) is 4.76. The summed E-state index contributed by atoms with van der Waals surface area (Å²) in [7, 11) is 5.83. The molecule has 1 N–H and O–H groups in total. The van der Waals surface area contributed by atoms with Gasteiger partial charge in [-0.3, -0.25) is 4.79 Å². The van der Waals surface area contributed by atoms with Crippen LogP contribution in [0.1, 0.15) is 23.1 Å². The van der Waals surface area contributed by atoms with Crippen LogP contribution in [0.15, 0.2) is 12.1 Å². The number of hydrogen-bond donors (Lipinski definition) is 1. The van der Waals surface area contributed by atoms with Gasteiger partial charge in [-0.25, -0.2) is 0 Å². The van der Waals surface area contributed by atoms with Crippen LogP contribution < -0.4 is 10.1 Å². The molecule has 0 saturated carbocycles. The van der Waals surface area contributed by atoms with Crippen molar-refractivity contribution in [1.82, 2.24) is 5.32 Å². The molecule has 1 amide bonds. The summed E-state index contributed by atoms with van der Waals surface area (Å²) < 4.78 is 0. The van der Waals surface area contributed by atoms with E-state index in [9.17, 15) is 4.79 Å². The van der Waals surface area contributed by atoms with Gasteiger partial charge in [0.25, 0.3) is 0 Å². The molecule has 0 unspecified atom stereocenters. The Morgan fingerprint density at radius 2 is 1.71 bits per heavy atom. The standard InChI is InChI=1S/C13H15BN2O/c14-16-12-8-10-4-6-15-5-3-9(10)7-11(12)1-2-13(16)17/h7-8,15H,1-6H2. The van der Waals surface area contributed by atoms with E-state index < -0.39 is 0 Å². The number of nitrogens with zero attached hydrogens (tertiary/aromatic N) is 1. The van der Waals surface area contributed by atoms with Gasteiger partial charge in [-0.05, 0) is 55.1 Å². The Labute approximate surface area is 103 Å². The Kier molecular flexibility index (Phi) is 2.67. The van der Waals surface area contributed by atoms with Crippen LogP contribution in [0.3, 0.4) is 0 Å². The molecule has 2 heterocycles. The highest BCUT2D eigenvalue weighted by molar-refractivity contribution is 6.31. The van der Waals surface area contributed by atoms with Crippen LogP contribution >= 0.6 is 0 Å². The van der Waals surface area contributed by atoms with Gasteiger partial charge in [-0.1, -0.05) is 6.07 Å². The smallest absolute Gasteiger partial charge is 0.238 e. The fraction of sp³-hybridized carbons (Fsp3) is 0.462. The fourth-order valence-electron chi connectivity index (χ4n) is 2.68. The molecule has 1 aromatic carbocycles. The van der Waals surface area contributed by atoms with Crippen molar-refractivity contribution in [1.29, 1.82) is 0 Å². The van der Waals surface area contributed by atoms with Crippen molar-refractivity contribution in [3.63, 3.8) is 0 Å². The summed E-state index contributed by atoms with van der Waals surface area (Å²) in [6.45, 7) is 2.04. The second-order valence-corrected chi connectivity index (χ2v) is 4.76. The monoisotopic (exact) mass is 226 g/mol. The van der Waals surface area contributed by atoms with Crippen molar-refractivity contribution >= 4 is 19.6 Å². The molecule has 4 heteroatoms. The molecule has 2 aliphatic rings. The highest BCUT2D eigenvalue weighted by atomic mass is 16.2. The summed E-state index contributed by atoms with van der Waals surface area (Å²) in [4.78, 5) is 12.9. The quantitative estimate of drug-likeness (QED) is 0.661. The van der Waals surface area contributed by atoms with Crippen LogP contribution in [-0.2, 0) is 24.1 Å². The maximum atomic E-state index is 11.6. The minimum atomic E-state index is 0.0178. The normalized spacial score (nSPS) is 19.5. The Morgan fingerprint density at radius 1 is 1.00 bits per heavy atom. The zero-order valence-corrected chi connectivity index (χ0v) is 9.83. The van der Waals surface area contributed by atoms with Crippen molar-refractivity contribution in [3.8, 4) is 0 Å². The number of rotatable bonds is 0. The first kappa shape index (κ1) is 10.8. The number of anilines is 1. The summed E-state index contributed by atoms with van der Waals surface area (Å²) in [6.07, 6.45) is 3.44. The molecular weight excluding hydrogens is 211 g/mol. The zero-order valence-electron chi connectivity index (χ0n) is 9.83. The number of hydrogen-bond acceptors (Lipinski definition) is 2. The lowest BCUT2D eigenvalue weighted by atomic mass is 9.92. The van der Waals surface area contributed by atoms with Crippen molar-refractivity contribution < 1.29 is 4.79 Å². The van der Waals surface area contributed by atoms with Crippen molar-refractivity contribution in [3.05, 3.63) is 28.8 Å². The van der Waals surface area contributed by atoms with Gasteiger partial charge in [0.05, 0.1) is 0 Å². The van der Waals surface area contributed by atoms with Crippen LogP contribution in [0, 0.1) is 0 Å². The van der Waals surface area contributed by atoms with Gasteiger partial charge in [0.15, 0.2) is 0 Å². The maximum Gasteiger partial charge on any atom is 0.238 e. The molecule has 0 bridgehead atoms. The predicted molar refractivity (Wildman–Crippen MR) is 68.3 cm³/mol. The fourth-order valence-corrected chi connectivity index (χ4v) is 2.68. The van der Waals surface area contributed by atoms with E-state index in [2.05, 4.69) is 17.4 Å². The lowest BCUT2D eigenvalue weighted by Gasteiger charge is -2.28. The summed E-state index contributed by atoms with van der Waals surface area (Å²) in [5.41, 5.74) is 4.87. The van der Waals surface area contributed by atoms with Gasteiger partial charge in [0.2, 0.25) is 13.9 Å². The summed E-state index contributed by atoms with van der Waals surface area (Å²) in [6, 6.07) is 4.35. The Balaban J connectivity index is 2.07. The van der Waals surface area contributed by atoms with Crippen LogP contribution in [0.4, 0.5) is 5.69 Å². The summed E-state index contributed by atoms with van der Waals surface area (Å²) in [5, 5.41) is 3.39. The maximum absolute atomic E-state index is 11.6. The van der Waals surface area contributed by atoms with E-state index >= 15 is 0 Å². The van der Waals surface area contributed by atoms with E-state index in [1.165, 1.54) is 21.5 Å². The third-order valence-electron chi connectivity index (χ3n) is 3.68. The molecule has 0 atom stereocenters. The molecule has 3 nitrogen and oxygen atoms in total. The summed E-state index contributed by atoms with van der Waals surface area (Å²) >= 11 is 0. The van der Waals surface area contributed by atoms with Gasteiger partial charge < -0.3 is 10.1 Å². The number of fused-ring (bicyclic) bond motifs is 2. The zero-order chi connectivity index (χ0) is 11.8. The summed E-state index contributed by atoms with van der Waals surface area (Å²) in [5.74, 6) is 0.0178. The molecule has 2 radical (unpaired) electrons. The Hall–Kier alpha value is -1.29. The largest absolute Gasteiger partial charge is 0.369 e. The van der Waals surface area contributed by atoms with Crippen LogP contribution in [0.25, 0.3) is 0 Å². The first-order valence-electron chi connectivity index (χ1n) is 6.19. The molecule has 0 aliphatic carbocycles. The van der Waals surface area contributed by atoms with Gasteiger partial charge in [-0.2, -0.15) is 0 Å². The lowest BCUT2D eigenvalue weighted by Crippen LogP contribution is -2.32. The van der Waals surface area contributed by atoms with Crippen LogP contribution in [0.5, 0.6) is 0 Å². The average molecular weight is 226 g/mol. The third-order valence-corrected chi connectivity index (χ3v) is 3.68. The SMILES string of the molecule is [B]N1C(=O)CCc2cc3c(cc21)CCNCC3. The topological polar surface area (TPSA) is 32.3 Å². The first-order chi connectivity index (χ1) is 8.25. The molecule has 3 rings (SSSR count). The van der Waals surface area contributed by atoms with E-state index in [4.69, 9.17) is 7.98 Å². The van der Waals surface area contributed by atoms with Gasteiger partial charge in [-0.15, -0.1) is 0 Å². The molecule has 17 heavy (non-hydrogen) atoms. The molecule has 0 saturated heterocycles. The molecular formula is C13H15BN2O. The molecule has 0 fully saturated rings. The van der Waals surface area contributed by atoms with Gasteiger partial charge >= 0.3 is 0 Å². The Bertz CT molecular complexity index is 473. The number of nitrogens with one attached hydrogen (secondary N) is 1. The van der Waals surface area contributed by atoms with Crippen molar-refractivity contribution in [2.45, 2.75) is 25.7 Å². The number of carbonyl (C=O) groups excluding carboxylic acids is 1. The Morgan fingerprint density at radius 3 is 2.47 bits per heavy atom.